The first-order valence-electron chi connectivity index (χ1n) is 6.06. The van der Waals surface area contributed by atoms with Gasteiger partial charge in [-0.05, 0) is 26.2 Å². The van der Waals surface area contributed by atoms with Crippen LogP contribution in [0.3, 0.4) is 0 Å². The van der Waals surface area contributed by atoms with Crippen molar-refractivity contribution in [3.8, 4) is 0 Å². The molecule has 1 aliphatic carbocycles. The Bertz CT molecular complexity index is 365. The summed E-state index contributed by atoms with van der Waals surface area (Å²) in [6.07, 6.45) is 0.994. The zero-order valence-corrected chi connectivity index (χ0v) is 10.9. The summed E-state index contributed by atoms with van der Waals surface area (Å²) in [5.41, 5.74) is -1.29. The molecule has 1 rings (SSSR count). The molecule has 0 spiro atoms. The average Bonchev–Trinajstić information content (AvgIpc) is 2.94. The molecule has 1 saturated carbocycles. The van der Waals surface area contributed by atoms with Crippen LogP contribution >= 0.6 is 0 Å². The van der Waals surface area contributed by atoms with Crippen LogP contribution in [0.5, 0.6) is 0 Å². The SMILES string of the molecule is CC1CC1C(=O)NCCC(=O)NC(C)(C)C(=O)O. The molecule has 2 atom stereocenters. The van der Waals surface area contributed by atoms with E-state index in [1.807, 2.05) is 6.92 Å². The zero-order chi connectivity index (χ0) is 13.9. The third-order valence-electron chi connectivity index (χ3n) is 3.08. The molecule has 1 fully saturated rings. The maximum absolute atomic E-state index is 11.5. The molecule has 0 aromatic rings. The van der Waals surface area contributed by atoms with E-state index in [-0.39, 0.29) is 30.7 Å². The number of hydrogen-bond donors (Lipinski definition) is 3. The van der Waals surface area contributed by atoms with Crippen LogP contribution in [-0.2, 0) is 14.4 Å². The van der Waals surface area contributed by atoms with Crippen molar-refractivity contribution in [2.24, 2.45) is 11.8 Å². The van der Waals surface area contributed by atoms with Crippen molar-refractivity contribution in [2.45, 2.75) is 39.2 Å². The molecule has 2 unspecified atom stereocenters. The first kappa shape index (κ1) is 14.5. The minimum absolute atomic E-state index is 0.0206. The van der Waals surface area contributed by atoms with Crippen LogP contribution in [0.25, 0.3) is 0 Å². The second-order valence-electron chi connectivity index (χ2n) is 5.34. The van der Waals surface area contributed by atoms with Gasteiger partial charge in [-0.15, -0.1) is 0 Å². The molecule has 6 heteroatoms. The minimum atomic E-state index is -1.29. The van der Waals surface area contributed by atoms with E-state index in [1.54, 1.807) is 0 Å². The van der Waals surface area contributed by atoms with Crippen LogP contribution in [0.15, 0.2) is 0 Å². The van der Waals surface area contributed by atoms with E-state index < -0.39 is 11.5 Å². The number of hydrogen-bond acceptors (Lipinski definition) is 3. The maximum atomic E-state index is 11.5. The lowest BCUT2D eigenvalue weighted by Crippen LogP contribution is -2.50. The second kappa shape index (κ2) is 5.37. The van der Waals surface area contributed by atoms with Gasteiger partial charge in [-0.25, -0.2) is 4.79 Å². The van der Waals surface area contributed by atoms with Gasteiger partial charge in [-0.1, -0.05) is 6.92 Å². The fourth-order valence-electron chi connectivity index (χ4n) is 1.58. The maximum Gasteiger partial charge on any atom is 0.328 e. The van der Waals surface area contributed by atoms with Crippen molar-refractivity contribution in [1.29, 1.82) is 0 Å². The fourth-order valence-corrected chi connectivity index (χ4v) is 1.58. The van der Waals surface area contributed by atoms with Crippen LogP contribution < -0.4 is 10.6 Å². The summed E-state index contributed by atoms with van der Waals surface area (Å²) in [6.45, 7) is 5.07. The van der Waals surface area contributed by atoms with E-state index in [0.29, 0.717) is 5.92 Å². The van der Waals surface area contributed by atoms with Gasteiger partial charge >= 0.3 is 5.97 Å². The Morgan fingerprint density at radius 2 is 1.89 bits per heavy atom. The normalized spacial score (nSPS) is 22.2. The van der Waals surface area contributed by atoms with Crippen LogP contribution in [0.1, 0.15) is 33.6 Å². The van der Waals surface area contributed by atoms with Crippen molar-refractivity contribution in [3.05, 3.63) is 0 Å². The summed E-state index contributed by atoms with van der Waals surface area (Å²) in [6, 6.07) is 0. The smallest absolute Gasteiger partial charge is 0.328 e. The lowest BCUT2D eigenvalue weighted by molar-refractivity contribution is -0.146. The van der Waals surface area contributed by atoms with Crippen LogP contribution in [0, 0.1) is 11.8 Å². The lowest BCUT2D eigenvalue weighted by atomic mass is 10.1. The molecule has 3 N–H and O–H groups in total. The molecule has 0 aromatic heterocycles. The van der Waals surface area contributed by atoms with Crippen molar-refractivity contribution < 1.29 is 19.5 Å². The third kappa shape index (κ3) is 4.01. The predicted molar refractivity (Wildman–Crippen MR) is 64.8 cm³/mol. The molecular weight excluding hydrogens is 236 g/mol. The number of amides is 2. The molecule has 0 aliphatic heterocycles. The standard InChI is InChI=1S/C12H20N2O4/c1-7-6-8(7)10(16)13-5-4-9(15)14-12(2,3)11(17)18/h7-8H,4-6H2,1-3H3,(H,13,16)(H,14,15)(H,17,18). The van der Waals surface area contributed by atoms with E-state index >= 15 is 0 Å². The van der Waals surface area contributed by atoms with Gasteiger partial charge in [0.1, 0.15) is 5.54 Å². The van der Waals surface area contributed by atoms with E-state index in [0.717, 1.165) is 6.42 Å². The molecule has 6 nitrogen and oxygen atoms in total. The van der Waals surface area contributed by atoms with Gasteiger partial charge in [0.15, 0.2) is 0 Å². The fraction of sp³-hybridized carbons (Fsp3) is 0.750. The van der Waals surface area contributed by atoms with E-state index in [2.05, 4.69) is 10.6 Å². The van der Waals surface area contributed by atoms with Crippen molar-refractivity contribution in [3.63, 3.8) is 0 Å². The summed E-state index contributed by atoms with van der Waals surface area (Å²) in [5, 5.41) is 13.9. The third-order valence-corrected chi connectivity index (χ3v) is 3.08. The molecule has 0 radical (unpaired) electrons. The molecule has 0 bridgehead atoms. The van der Waals surface area contributed by atoms with E-state index in [1.165, 1.54) is 13.8 Å². The summed E-state index contributed by atoms with van der Waals surface area (Å²) in [4.78, 5) is 33.7. The highest BCUT2D eigenvalue weighted by Gasteiger charge is 2.38. The second-order valence-corrected chi connectivity index (χ2v) is 5.34. The quantitative estimate of drug-likeness (QED) is 0.629. The van der Waals surface area contributed by atoms with E-state index in [4.69, 9.17) is 5.11 Å². The molecule has 1 aliphatic rings. The van der Waals surface area contributed by atoms with Crippen LogP contribution in [0.2, 0.25) is 0 Å². The highest BCUT2D eigenvalue weighted by Crippen LogP contribution is 2.37. The first-order chi connectivity index (χ1) is 8.24. The van der Waals surface area contributed by atoms with Gasteiger partial charge in [0.05, 0.1) is 0 Å². The number of carboxylic acids is 1. The molecule has 0 aromatic carbocycles. The first-order valence-corrected chi connectivity index (χ1v) is 6.06. The summed E-state index contributed by atoms with van der Waals surface area (Å²) in [7, 11) is 0. The van der Waals surface area contributed by atoms with Crippen LogP contribution in [-0.4, -0.2) is 35.0 Å². The topological polar surface area (TPSA) is 95.5 Å². The summed E-state index contributed by atoms with van der Waals surface area (Å²) in [5.74, 6) is -0.973. The van der Waals surface area contributed by atoms with Gasteiger partial charge in [-0.2, -0.15) is 0 Å². The Labute approximate surface area is 106 Å². The number of aliphatic carboxylic acids is 1. The Balaban J connectivity index is 2.21. The van der Waals surface area contributed by atoms with Gasteiger partial charge < -0.3 is 15.7 Å². The largest absolute Gasteiger partial charge is 0.480 e. The summed E-state index contributed by atoms with van der Waals surface area (Å²) >= 11 is 0. The molecule has 0 heterocycles. The Morgan fingerprint density at radius 3 is 2.33 bits per heavy atom. The minimum Gasteiger partial charge on any atom is -0.480 e. The van der Waals surface area contributed by atoms with Crippen LogP contribution in [0.4, 0.5) is 0 Å². The summed E-state index contributed by atoms with van der Waals surface area (Å²) < 4.78 is 0. The van der Waals surface area contributed by atoms with Crippen molar-refractivity contribution >= 4 is 17.8 Å². The number of carboxylic acid groups (broad SMARTS) is 1. The molecule has 0 saturated heterocycles. The van der Waals surface area contributed by atoms with Crippen molar-refractivity contribution in [1.82, 2.24) is 10.6 Å². The van der Waals surface area contributed by atoms with Crippen molar-refractivity contribution in [2.75, 3.05) is 6.54 Å². The molecular formula is C12H20N2O4. The number of carbonyl (C=O) groups excluding carboxylic acids is 2. The number of nitrogens with one attached hydrogen (secondary N) is 2. The Morgan fingerprint density at radius 1 is 1.33 bits per heavy atom. The zero-order valence-electron chi connectivity index (χ0n) is 10.9. The molecule has 102 valence electrons. The van der Waals surface area contributed by atoms with E-state index in [9.17, 15) is 14.4 Å². The number of carbonyl (C=O) groups is 3. The van der Waals surface area contributed by atoms with Gasteiger partial charge in [-0.3, -0.25) is 9.59 Å². The van der Waals surface area contributed by atoms with Gasteiger partial charge in [0, 0.05) is 18.9 Å². The van der Waals surface area contributed by atoms with Gasteiger partial charge in [0.25, 0.3) is 0 Å². The number of rotatable bonds is 6. The predicted octanol–water partition coefficient (Wildman–Crippen LogP) is 0.128. The average molecular weight is 256 g/mol. The van der Waals surface area contributed by atoms with Gasteiger partial charge in [0.2, 0.25) is 11.8 Å². The highest BCUT2D eigenvalue weighted by atomic mass is 16.4. The monoisotopic (exact) mass is 256 g/mol. The molecule has 2 amide bonds. The Hall–Kier alpha value is -1.59. The highest BCUT2D eigenvalue weighted by molar-refractivity contribution is 5.87. The molecule has 18 heavy (non-hydrogen) atoms. The lowest BCUT2D eigenvalue weighted by Gasteiger charge is -2.20. The Kier molecular flexibility index (Phi) is 4.32.